The van der Waals surface area contributed by atoms with E-state index in [9.17, 15) is 63.0 Å². The number of phosphoric acid groups is 2. The fourth-order valence-electron chi connectivity index (χ4n) is 10.8. The number of carbonyl (C=O) groups is 6. The van der Waals surface area contributed by atoms with Crippen molar-refractivity contribution in [1.29, 1.82) is 0 Å². The molecule has 25 heteroatoms. The van der Waals surface area contributed by atoms with E-state index < -0.39 is 103 Å². The number of ether oxygens (including phenoxy) is 4. The third-order valence-electron chi connectivity index (χ3n) is 16.3. The molecule has 4 atom stereocenters. The van der Waals surface area contributed by atoms with Crippen molar-refractivity contribution < 1.29 is 159 Å². The third kappa shape index (κ3) is 46.6. The Morgan fingerprint density at radius 3 is 1.04 bits per heavy atom. The molecule has 3 N–H and O–H groups in total. The van der Waals surface area contributed by atoms with Crippen molar-refractivity contribution in [1.82, 2.24) is 0 Å². The molecular formula is C72H118Na2O21P2. The largest absolute Gasteiger partial charge is 1.00 e. The van der Waals surface area contributed by atoms with Crippen LogP contribution in [0.2, 0.25) is 0 Å². The normalized spacial score (nSPS) is 13.8. The number of phosphoric ester groups is 2. The summed E-state index contributed by atoms with van der Waals surface area (Å²) in [7, 11) is -10.4. The van der Waals surface area contributed by atoms with Gasteiger partial charge in [-0.3, -0.25) is 37.9 Å². The topological polar surface area (TPSA) is 317 Å². The molecule has 97 heavy (non-hydrogen) atoms. The van der Waals surface area contributed by atoms with Crippen LogP contribution >= 0.6 is 15.6 Å². The fraction of sp³-hybridized carbons (Fsp3) is 0.750. The molecule has 0 radical (unpaired) electrons. The van der Waals surface area contributed by atoms with E-state index >= 15 is 0 Å². The van der Waals surface area contributed by atoms with Gasteiger partial charge in [0.15, 0.2) is 18.0 Å². The van der Waals surface area contributed by atoms with Crippen molar-refractivity contribution in [3.8, 4) is 11.5 Å². The van der Waals surface area contributed by atoms with Crippen LogP contribution < -0.4 is 68.9 Å². The quantitative estimate of drug-likeness (QED) is 0.0155. The van der Waals surface area contributed by atoms with Gasteiger partial charge in [0, 0.05) is 36.8 Å². The molecule has 0 aromatic heterocycles. The number of ketones is 2. The minimum atomic E-state index is -5.20. The molecule has 1 aliphatic carbocycles. The maximum atomic E-state index is 12.8. The molecule has 2 aromatic rings. The van der Waals surface area contributed by atoms with E-state index in [0.717, 1.165) is 103 Å². The van der Waals surface area contributed by atoms with Gasteiger partial charge >= 0.3 is 83.0 Å². The maximum Gasteiger partial charge on any atom is 1.00 e. The Balaban J connectivity index is 0.00000369. The van der Waals surface area contributed by atoms with E-state index in [4.69, 9.17) is 37.0 Å². The van der Waals surface area contributed by atoms with Crippen LogP contribution in [0.15, 0.2) is 30.3 Å². The molecule has 0 fully saturated rings. The molecule has 1 aliphatic rings. The van der Waals surface area contributed by atoms with Crippen molar-refractivity contribution in [2.75, 3.05) is 39.6 Å². The van der Waals surface area contributed by atoms with E-state index in [1.165, 1.54) is 127 Å². The van der Waals surface area contributed by atoms with Crippen LogP contribution in [0.1, 0.15) is 322 Å². The van der Waals surface area contributed by atoms with Gasteiger partial charge in [-0.15, -0.1) is 0 Å². The number of hydrogen-bond donors (Lipinski definition) is 3. The van der Waals surface area contributed by atoms with E-state index in [1.54, 1.807) is 13.0 Å². The van der Waals surface area contributed by atoms with E-state index in [0.29, 0.717) is 31.2 Å². The smallest absolute Gasteiger partial charge is 0.756 e. The number of aliphatic hydroxyl groups is 1. The van der Waals surface area contributed by atoms with Crippen molar-refractivity contribution in [2.45, 2.75) is 310 Å². The van der Waals surface area contributed by atoms with Gasteiger partial charge in [-0.1, -0.05) is 245 Å². The fourth-order valence-corrected chi connectivity index (χ4v) is 12.4. The minimum absolute atomic E-state index is 0. The van der Waals surface area contributed by atoms with Crippen LogP contribution in [0.25, 0.3) is 0 Å². The number of aliphatic hydroxyl groups excluding tert-OH is 1. The van der Waals surface area contributed by atoms with Crippen LogP contribution in [0.4, 0.5) is 0 Å². The predicted octanol–water partition coefficient (Wildman–Crippen LogP) is 10.1. The molecule has 0 spiro atoms. The van der Waals surface area contributed by atoms with Gasteiger partial charge < -0.3 is 62.1 Å². The third-order valence-corrected chi connectivity index (χ3v) is 18.2. The number of benzene rings is 2. The summed E-state index contributed by atoms with van der Waals surface area (Å²) in [4.78, 5) is 101. The van der Waals surface area contributed by atoms with Crippen molar-refractivity contribution in [3.05, 3.63) is 58.1 Å². The first-order valence-electron chi connectivity index (χ1n) is 36.0. The molecule has 0 saturated carbocycles. The van der Waals surface area contributed by atoms with Gasteiger partial charge in [0.25, 0.3) is 15.6 Å². The zero-order valence-corrected chi connectivity index (χ0v) is 66.0. The first kappa shape index (κ1) is 94.4. The van der Waals surface area contributed by atoms with E-state index in [2.05, 4.69) is 27.7 Å². The second kappa shape index (κ2) is 58.9. The Morgan fingerprint density at radius 1 is 0.402 bits per heavy atom. The van der Waals surface area contributed by atoms with Gasteiger partial charge in [-0.2, -0.15) is 0 Å². The van der Waals surface area contributed by atoms with Crippen LogP contribution in [-0.2, 0) is 65.4 Å². The van der Waals surface area contributed by atoms with E-state index in [1.807, 2.05) is 0 Å². The van der Waals surface area contributed by atoms with Crippen LogP contribution in [0.3, 0.4) is 0 Å². The number of phenolic OH excluding ortho intramolecular Hbond substituents is 2. The second-order valence-electron chi connectivity index (χ2n) is 25.2. The average Bonchev–Trinajstić information content (AvgIpc) is 0.749. The number of rotatable bonds is 58. The Labute approximate surface area is 624 Å². The number of carbonyl (C=O) groups excluding carboxylic acids is 6. The second-order valence-corrected chi connectivity index (χ2v) is 28.0. The van der Waals surface area contributed by atoms with Crippen molar-refractivity contribution in [3.63, 3.8) is 0 Å². The maximum absolute atomic E-state index is 12.8. The predicted molar refractivity (Wildman–Crippen MR) is 362 cm³/mol. The summed E-state index contributed by atoms with van der Waals surface area (Å²) >= 11 is 0. The molecular weight excluding hydrogens is 1310 g/mol. The summed E-state index contributed by atoms with van der Waals surface area (Å²) < 4.78 is 66.7. The zero-order chi connectivity index (χ0) is 70.0. The SMILES string of the molecule is CCCCCCCCCCCC(=O)OCC(COP(=O)([O-])OCC(O)COP(=O)([O-])OCC(COC(=O)CCCCCCCCCCC)OC(=O)CCCCCCCCCCC)OC(=O)CCCCCCCCCCC.Cc1cc(O)c2c(c1)C(=O)c1cccc(O)c1C2=O.[Na+].[Na+]. The number of esters is 4. The number of unbranched alkanes of at least 4 members (excludes halogenated alkanes) is 32. The molecule has 3 rings (SSSR count). The first-order chi connectivity index (χ1) is 45.7. The summed E-state index contributed by atoms with van der Waals surface area (Å²) in [5.74, 6) is -3.61. The molecule has 544 valence electrons. The molecule has 21 nitrogen and oxygen atoms in total. The Hall–Kier alpha value is -2.56. The van der Waals surface area contributed by atoms with E-state index in [-0.39, 0.29) is 124 Å². The van der Waals surface area contributed by atoms with Crippen LogP contribution in [0.5, 0.6) is 11.5 Å². The van der Waals surface area contributed by atoms with Gasteiger partial charge in [0.05, 0.1) is 37.6 Å². The van der Waals surface area contributed by atoms with Gasteiger partial charge in [0.2, 0.25) is 5.78 Å². The van der Waals surface area contributed by atoms with Crippen LogP contribution in [-0.4, -0.2) is 109 Å². The Morgan fingerprint density at radius 2 is 0.701 bits per heavy atom. The summed E-state index contributed by atoms with van der Waals surface area (Å²) in [6, 6.07) is 7.36. The standard InChI is InChI=1S/C57H110O17P2.C15H10O4.2Na/c1-5-9-13-17-21-25-29-33-37-41-54(59)67-47-52(73-56(61)43-39-35-31-27-23-19-15-11-7-3)49-71-75(63,64)69-45-51(58)46-70-76(65,66)72-50-53(74-57(62)44-40-36-32-28-24-20-16-12-8-4)48-68-55(60)42-38-34-30-26-22-18-14-10-6-2;1-7-5-9-13(11(17)6-7)15(19)12-8(14(9)18)3-2-4-10(12)16;;/h51-53,58H,5-50H2,1-4H3,(H,63,64)(H,65,66);2-6,16-17H,1H3;;/q;;2*+1/p-2. The number of hydrogen-bond acceptors (Lipinski definition) is 21. The molecule has 2 aromatic carbocycles. The average molecular weight is 1430 g/mol. The molecule has 0 saturated heterocycles. The summed E-state index contributed by atoms with van der Waals surface area (Å²) in [5, 5.41) is 30.1. The van der Waals surface area contributed by atoms with Crippen molar-refractivity contribution >= 4 is 51.1 Å². The first-order valence-corrected chi connectivity index (χ1v) is 38.9. The van der Waals surface area contributed by atoms with Crippen LogP contribution in [0, 0.1) is 6.92 Å². The molecule has 0 amide bonds. The number of phenols is 2. The zero-order valence-electron chi connectivity index (χ0n) is 60.2. The van der Waals surface area contributed by atoms with Crippen molar-refractivity contribution in [2.24, 2.45) is 0 Å². The number of aryl methyl sites for hydroxylation is 1. The van der Waals surface area contributed by atoms with Gasteiger partial charge in [0.1, 0.15) is 30.8 Å². The Kier molecular flexibility index (Phi) is 57.3. The summed E-state index contributed by atoms with van der Waals surface area (Å²) in [6.07, 6.45) is 34.2. The minimum Gasteiger partial charge on any atom is -0.756 e. The molecule has 0 aliphatic heterocycles. The summed E-state index contributed by atoms with van der Waals surface area (Å²) in [5.41, 5.74) is 0.966. The Bertz CT molecular complexity index is 2470. The van der Waals surface area contributed by atoms with Gasteiger partial charge in [-0.25, -0.2) is 0 Å². The number of aromatic hydroxyl groups is 2. The monoisotopic (exact) mass is 1430 g/mol. The molecule has 0 bridgehead atoms. The van der Waals surface area contributed by atoms with Gasteiger partial charge in [-0.05, 0) is 56.4 Å². The summed E-state index contributed by atoms with van der Waals surface area (Å²) in [6.45, 7) is 6.10. The number of fused-ring (bicyclic) bond motifs is 2. The molecule has 0 heterocycles. The molecule has 4 unspecified atom stereocenters.